The summed E-state index contributed by atoms with van der Waals surface area (Å²) in [6, 6.07) is 17.1. The molecule has 0 spiro atoms. The first-order valence-corrected chi connectivity index (χ1v) is 8.17. The van der Waals surface area contributed by atoms with Gasteiger partial charge in [0.15, 0.2) is 17.3 Å². The molecule has 4 nitrogen and oxygen atoms in total. The number of carbonyl (C=O) groups excluding carboxylic acids is 1. The molecule has 3 rings (SSSR count). The molecule has 4 heteroatoms. The monoisotopic (exact) mass is 348 g/mol. The topological polar surface area (TPSA) is 44.8 Å². The van der Waals surface area contributed by atoms with Gasteiger partial charge >= 0.3 is 0 Å². The van der Waals surface area contributed by atoms with Crippen molar-refractivity contribution in [2.75, 3.05) is 21.3 Å². The quantitative estimate of drug-likeness (QED) is 0.476. The van der Waals surface area contributed by atoms with E-state index in [0.717, 1.165) is 22.1 Å². The maximum atomic E-state index is 12.4. The van der Waals surface area contributed by atoms with Crippen LogP contribution in [-0.2, 0) is 0 Å². The van der Waals surface area contributed by atoms with Crippen molar-refractivity contribution >= 4 is 22.6 Å². The SMILES string of the molecule is COc1ccc2cc(/C=C/C(=O)c3ccc(OC)c(OC)c3)ccc2c1. The van der Waals surface area contributed by atoms with Gasteiger partial charge in [0.2, 0.25) is 0 Å². The van der Waals surface area contributed by atoms with Crippen LogP contribution in [0.2, 0.25) is 0 Å². The van der Waals surface area contributed by atoms with E-state index in [4.69, 9.17) is 14.2 Å². The number of rotatable bonds is 6. The van der Waals surface area contributed by atoms with Crippen LogP contribution < -0.4 is 14.2 Å². The van der Waals surface area contributed by atoms with Crippen molar-refractivity contribution in [2.45, 2.75) is 0 Å². The zero-order chi connectivity index (χ0) is 18.5. The number of fused-ring (bicyclic) bond motifs is 1. The predicted octanol–water partition coefficient (Wildman–Crippen LogP) is 4.76. The van der Waals surface area contributed by atoms with E-state index in [-0.39, 0.29) is 5.78 Å². The molecule has 0 heterocycles. The highest BCUT2D eigenvalue weighted by atomic mass is 16.5. The first kappa shape index (κ1) is 17.5. The van der Waals surface area contributed by atoms with Crippen molar-refractivity contribution in [3.8, 4) is 17.2 Å². The highest BCUT2D eigenvalue weighted by molar-refractivity contribution is 6.07. The zero-order valence-corrected chi connectivity index (χ0v) is 15.0. The van der Waals surface area contributed by atoms with Crippen LogP contribution in [0.1, 0.15) is 15.9 Å². The Morgan fingerprint density at radius 2 is 1.50 bits per heavy atom. The van der Waals surface area contributed by atoms with E-state index in [0.29, 0.717) is 17.1 Å². The van der Waals surface area contributed by atoms with Gasteiger partial charge < -0.3 is 14.2 Å². The molecule has 0 bridgehead atoms. The second kappa shape index (κ2) is 7.74. The third-order valence-corrected chi connectivity index (χ3v) is 4.17. The van der Waals surface area contributed by atoms with Crippen LogP contribution in [-0.4, -0.2) is 27.1 Å². The molecule has 0 radical (unpaired) electrons. The summed E-state index contributed by atoms with van der Waals surface area (Å²) in [5.74, 6) is 1.86. The van der Waals surface area contributed by atoms with Crippen molar-refractivity contribution < 1.29 is 19.0 Å². The van der Waals surface area contributed by atoms with Crippen LogP contribution in [0.4, 0.5) is 0 Å². The molecule has 0 atom stereocenters. The smallest absolute Gasteiger partial charge is 0.185 e. The Morgan fingerprint density at radius 1 is 0.769 bits per heavy atom. The van der Waals surface area contributed by atoms with E-state index in [1.807, 2.05) is 42.5 Å². The van der Waals surface area contributed by atoms with Crippen LogP contribution in [0, 0.1) is 0 Å². The molecule has 0 aliphatic heterocycles. The van der Waals surface area contributed by atoms with Crippen LogP contribution in [0.15, 0.2) is 60.7 Å². The fourth-order valence-corrected chi connectivity index (χ4v) is 2.73. The van der Waals surface area contributed by atoms with Crippen LogP contribution in [0.3, 0.4) is 0 Å². The molecule has 3 aromatic rings. The maximum Gasteiger partial charge on any atom is 0.185 e. The fraction of sp³-hybridized carbons (Fsp3) is 0.136. The number of ether oxygens (including phenoxy) is 3. The van der Waals surface area contributed by atoms with Crippen LogP contribution in [0.25, 0.3) is 16.8 Å². The summed E-state index contributed by atoms with van der Waals surface area (Å²) < 4.78 is 15.7. The molecule has 0 N–H and O–H groups in total. The Labute approximate surface area is 152 Å². The average Bonchev–Trinajstić information content (AvgIpc) is 2.70. The third kappa shape index (κ3) is 3.70. The van der Waals surface area contributed by atoms with Crippen molar-refractivity contribution in [3.05, 3.63) is 71.8 Å². The average molecular weight is 348 g/mol. The van der Waals surface area contributed by atoms with Crippen molar-refractivity contribution in [1.29, 1.82) is 0 Å². The normalized spacial score (nSPS) is 10.9. The molecule has 0 saturated heterocycles. The summed E-state index contributed by atoms with van der Waals surface area (Å²) in [6.07, 6.45) is 3.37. The predicted molar refractivity (Wildman–Crippen MR) is 103 cm³/mol. The molecule has 132 valence electrons. The third-order valence-electron chi connectivity index (χ3n) is 4.17. The lowest BCUT2D eigenvalue weighted by Gasteiger charge is -2.08. The van der Waals surface area contributed by atoms with Crippen molar-refractivity contribution in [3.63, 3.8) is 0 Å². The lowest BCUT2D eigenvalue weighted by atomic mass is 10.0. The molecular weight excluding hydrogens is 328 g/mol. The van der Waals surface area contributed by atoms with Gasteiger partial charge in [0.05, 0.1) is 21.3 Å². The fourth-order valence-electron chi connectivity index (χ4n) is 2.73. The number of hydrogen-bond acceptors (Lipinski definition) is 4. The van der Waals surface area contributed by atoms with Gasteiger partial charge in [-0.3, -0.25) is 4.79 Å². The van der Waals surface area contributed by atoms with Gasteiger partial charge in [0.25, 0.3) is 0 Å². The lowest BCUT2D eigenvalue weighted by Crippen LogP contribution is -1.97. The Hall–Kier alpha value is -3.27. The van der Waals surface area contributed by atoms with E-state index in [1.54, 1.807) is 45.6 Å². The molecular formula is C22H20O4. The Kier molecular flexibility index (Phi) is 5.23. The standard InChI is InChI=1S/C22H20O4/c1-24-19-9-7-16-12-15(4-6-17(16)13-19)5-10-20(23)18-8-11-21(25-2)22(14-18)26-3/h4-14H,1-3H3/b10-5+. The minimum atomic E-state index is -0.0965. The molecule has 0 unspecified atom stereocenters. The number of ketones is 1. The van der Waals surface area contributed by atoms with Crippen LogP contribution in [0.5, 0.6) is 17.2 Å². The van der Waals surface area contributed by atoms with E-state index < -0.39 is 0 Å². The Bertz CT molecular complexity index is 973. The maximum absolute atomic E-state index is 12.4. The summed E-state index contributed by atoms with van der Waals surface area (Å²) in [5, 5.41) is 2.18. The second-order valence-corrected chi connectivity index (χ2v) is 5.74. The molecule has 0 aliphatic rings. The first-order valence-electron chi connectivity index (χ1n) is 8.17. The molecule has 26 heavy (non-hydrogen) atoms. The van der Waals surface area contributed by atoms with Crippen molar-refractivity contribution in [1.82, 2.24) is 0 Å². The van der Waals surface area contributed by atoms with Crippen molar-refractivity contribution in [2.24, 2.45) is 0 Å². The highest BCUT2D eigenvalue weighted by Crippen LogP contribution is 2.28. The largest absolute Gasteiger partial charge is 0.497 e. The van der Waals surface area contributed by atoms with E-state index in [2.05, 4.69) is 0 Å². The van der Waals surface area contributed by atoms with Gasteiger partial charge in [-0.1, -0.05) is 24.3 Å². The van der Waals surface area contributed by atoms with Gasteiger partial charge in [-0.2, -0.15) is 0 Å². The highest BCUT2D eigenvalue weighted by Gasteiger charge is 2.08. The van der Waals surface area contributed by atoms with Crippen LogP contribution >= 0.6 is 0 Å². The minimum Gasteiger partial charge on any atom is -0.497 e. The zero-order valence-electron chi connectivity index (χ0n) is 15.0. The number of benzene rings is 3. The van der Waals surface area contributed by atoms with Gasteiger partial charge in [-0.25, -0.2) is 0 Å². The summed E-state index contributed by atoms with van der Waals surface area (Å²) in [7, 11) is 4.76. The number of allylic oxidation sites excluding steroid dienone is 1. The molecule has 3 aromatic carbocycles. The minimum absolute atomic E-state index is 0.0965. The number of carbonyl (C=O) groups is 1. The summed E-state index contributed by atoms with van der Waals surface area (Å²) in [5.41, 5.74) is 1.50. The van der Waals surface area contributed by atoms with E-state index in [9.17, 15) is 4.79 Å². The van der Waals surface area contributed by atoms with Gasteiger partial charge in [-0.05, 0) is 58.8 Å². The first-order chi connectivity index (χ1) is 12.6. The second-order valence-electron chi connectivity index (χ2n) is 5.74. The molecule has 0 fully saturated rings. The lowest BCUT2D eigenvalue weighted by molar-refractivity contribution is 0.104. The Balaban J connectivity index is 1.82. The Morgan fingerprint density at radius 3 is 2.23 bits per heavy atom. The summed E-state index contributed by atoms with van der Waals surface area (Å²) in [6.45, 7) is 0. The van der Waals surface area contributed by atoms with Gasteiger partial charge in [-0.15, -0.1) is 0 Å². The van der Waals surface area contributed by atoms with Gasteiger partial charge in [0.1, 0.15) is 5.75 Å². The van der Waals surface area contributed by atoms with E-state index >= 15 is 0 Å². The molecule has 0 aromatic heterocycles. The van der Waals surface area contributed by atoms with Gasteiger partial charge in [0, 0.05) is 5.56 Å². The number of hydrogen-bond donors (Lipinski definition) is 0. The summed E-state index contributed by atoms with van der Waals surface area (Å²) in [4.78, 5) is 12.4. The van der Waals surface area contributed by atoms with E-state index in [1.165, 1.54) is 0 Å². The summed E-state index contributed by atoms with van der Waals surface area (Å²) >= 11 is 0. The molecule has 0 aliphatic carbocycles. The molecule has 0 saturated carbocycles. The molecule has 0 amide bonds. The number of methoxy groups -OCH3 is 3.